The predicted molar refractivity (Wildman–Crippen MR) is 65.8 cm³/mol. The van der Waals surface area contributed by atoms with E-state index in [0.717, 1.165) is 17.0 Å². The van der Waals surface area contributed by atoms with Crippen LogP contribution in [0.3, 0.4) is 0 Å². The first-order chi connectivity index (χ1) is 8.06. The van der Waals surface area contributed by atoms with Crippen LogP contribution in [0.1, 0.15) is 18.5 Å². The largest absolute Gasteiger partial charge is 0.345 e. The lowest BCUT2D eigenvalue weighted by Crippen LogP contribution is -2.29. The molecule has 5 nitrogen and oxygen atoms in total. The van der Waals surface area contributed by atoms with Crippen molar-refractivity contribution in [1.29, 1.82) is 5.26 Å². The van der Waals surface area contributed by atoms with Gasteiger partial charge >= 0.3 is 4.87 Å². The number of aromatic nitrogens is 1. The molecule has 1 rings (SSSR count). The maximum absolute atomic E-state index is 11.7. The lowest BCUT2D eigenvalue weighted by atomic mass is 10.3. The summed E-state index contributed by atoms with van der Waals surface area (Å²) in [5.74, 6) is -0.0437. The van der Waals surface area contributed by atoms with Gasteiger partial charge in [-0.3, -0.25) is 9.59 Å². The van der Waals surface area contributed by atoms with Crippen molar-refractivity contribution >= 4 is 17.2 Å². The SMILES string of the molecule is Cc1csc(=O)n1CCC(=O)N(C)CCC#N. The van der Waals surface area contributed by atoms with Gasteiger partial charge in [0.2, 0.25) is 5.91 Å². The Kier molecular flexibility index (Phi) is 4.91. The summed E-state index contributed by atoms with van der Waals surface area (Å²) in [6.45, 7) is 2.69. The topological polar surface area (TPSA) is 66.1 Å². The second-order valence-electron chi connectivity index (χ2n) is 3.77. The van der Waals surface area contributed by atoms with Gasteiger partial charge in [-0.05, 0) is 6.92 Å². The average molecular weight is 253 g/mol. The summed E-state index contributed by atoms with van der Waals surface area (Å²) in [6.07, 6.45) is 0.624. The van der Waals surface area contributed by atoms with Gasteiger partial charge in [-0.15, -0.1) is 0 Å². The van der Waals surface area contributed by atoms with Crippen molar-refractivity contribution < 1.29 is 4.79 Å². The molecule has 0 saturated carbocycles. The van der Waals surface area contributed by atoms with E-state index in [2.05, 4.69) is 0 Å². The van der Waals surface area contributed by atoms with E-state index >= 15 is 0 Å². The molecule has 0 atom stereocenters. The van der Waals surface area contributed by atoms with Gasteiger partial charge in [-0.1, -0.05) is 11.3 Å². The Morgan fingerprint density at radius 1 is 1.65 bits per heavy atom. The second kappa shape index (κ2) is 6.21. The third-order valence-corrected chi connectivity index (χ3v) is 3.39. The zero-order chi connectivity index (χ0) is 12.8. The van der Waals surface area contributed by atoms with Gasteiger partial charge in [0.1, 0.15) is 0 Å². The highest BCUT2D eigenvalue weighted by Crippen LogP contribution is 2.02. The van der Waals surface area contributed by atoms with Crippen LogP contribution in [0.15, 0.2) is 10.2 Å². The van der Waals surface area contributed by atoms with Crippen LogP contribution in [0.25, 0.3) is 0 Å². The van der Waals surface area contributed by atoms with E-state index in [1.165, 1.54) is 4.90 Å². The van der Waals surface area contributed by atoms with Gasteiger partial charge in [0, 0.05) is 37.6 Å². The number of thiazole rings is 1. The molecule has 0 unspecified atom stereocenters. The molecule has 0 saturated heterocycles. The van der Waals surface area contributed by atoms with Crippen LogP contribution in [0.2, 0.25) is 0 Å². The minimum Gasteiger partial charge on any atom is -0.345 e. The summed E-state index contributed by atoms with van der Waals surface area (Å²) in [7, 11) is 1.67. The van der Waals surface area contributed by atoms with E-state index in [1.807, 2.05) is 13.0 Å². The van der Waals surface area contributed by atoms with E-state index in [4.69, 9.17) is 5.26 Å². The number of hydrogen-bond acceptors (Lipinski definition) is 4. The van der Waals surface area contributed by atoms with Crippen molar-refractivity contribution in [3.63, 3.8) is 0 Å². The van der Waals surface area contributed by atoms with Crippen LogP contribution in [0.5, 0.6) is 0 Å². The number of carbonyl (C=O) groups excluding carboxylic acids is 1. The highest BCUT2D eigenvalue weighted by atomic mass is 32.1. The predicted octanol–water partition coefficient (Wildman–Crippen LogP) is 0.980. The average Bonchev–Trinajstić information content (AvgIpc) is 2.63. The maximum Gasteiger partial charge on any atom is 0.307 e. The van der Waals surface area contributed by atoms with Gasteiger partial charge < -0.3 is 9.47 Å². The molecule has 6 heteroatoms. The molecule has 1 aromatic heterocycles. The van der Waals surface area contributed by atoms with Crippen molar-refractivity contribution in [3.8, 4) is 6.07 Å². The molecule has 1 heterocycles. The first kappa shape index (κ1) is 13.5. The lowest BCUT2D eigenvalue weighted by molar-refractivity contribution is -0.130. The van der Waals surface area contributed by atoms with Gasteiger partial charge in [0.25, 0.3) is 0 Å². The first-order valence-corrected chi connectivity index (χ1v) is 6.20. The van der Waals surface area contributed by atoms with Crippen LogP contribution in [-0.4, -0.2) is 29.0 Å². The summed E-state index contributed by atoms with van der Waals surface area (Å²) in [4.78, 5) is 24.6. The van der Waals surface area contributed by atoms with Crippen LogP contribution < -0.4 is 4.87 Å². The van der Waals surface area contributed by atoms with E-state index in [-0.39, 0.29) is 10.8 Å². The van der Waals surface area contributed by atoms with Crippen molar-refractivity contribution in [1.82, 2.24) is 9.47 Å². The summed E-state index contributed by atoms with van der Waals surface area (Å²) >= 11 is 1.14. The number of aryl methyl sites for hydroxylation is 1. The molecule has 17 heavy (non-hydrogen) atoms. The molecule has 1 amide bonds. The molecule has 0 aliphatic heterocycles. The Morgan fingerprint density at radius 2 is 2.35 bits per heavy atom. The van der Waals surface area contributed by atoms with Gasteiger partial charge in [0.15, 0.2) is 0 Å². The molecule has 0 fully saturated rings. The van der Waals surface area contributed by atoms with E-state index < -0.39 is 0 Å². The number of hydrogen-bond donors (Lipinski definition) is 0. The van der Waals surface area contributed by atoms with Crippen LogP contribution in [0, 0.1) is 18.3 Å². The van der Waals surface area contributed by atoms with Crippen molar-refractivity contribution in [2.24, 2.45) is 0 Å². The maximum atomic E-state index is 11.7. The zero-order valence-electron chi connectivity index (χ0n) is 9.97. The van der Waals surface area contributed by atoms with Crippen LogP contribution in [-0.2, 0) is 11.3 Å². The third-order valence-electron chi connectivity index (χ3n) is 2.51. The molecule has 0 radical (unpaired) electrons. The molecule has 0 spiro atoms. The summed E-state index contributed by atoms with van der Waals surface area (Å²) < 4.78 is 1.60. The Morgan fingerprint density at radius 3 is 2.88 bits per heavy atom. The molecule has 92 valence electrons. The Labute approximate surface area is 104 Å². The molecule has 0 bridgehead atoms. The van der Waals surface area contributed by atoms with Crippen molar-refractivity contribution in [3.05, 3.63) is 20.7 Å². The normalized spacial score (nSPS) is 9.94. The fourth-order valence-electron chi connectivity index (χ4n) is 1.42. The summed E-state index contributed by atoms with van der Waals surface area (Å²) in [5.41, 5.74) is 0.882. The molecule has 0 aromatic carbocycles. The number of nitrogens with zero attached hydrogens (tertiary/aromatic N) is 3. The smallest absolute Gasteiger partial charge is 0.307 e. The lowest BCUT2D eigenvalue weighted by Gasteiger charge is -2.15. The highest BCUT2D eigenvalue weighted by Gasteiger charge is 2.10. The fourth-order valence-corrected chi connectivity index (χ4v) is 2.18. The number of amides is 1. The number of nitriles is 1. The molecule has 1 aromatic rings. The van der Waals surface area contributed by atoms with E-state index in [1.54, 1.807) is 17.0 Å². The highest BCUT2D eigenvalue weighted by molar-refractivity contribution is 7.07. The van der Waals surface area contributed by atoms with Crippen LogP contribution in [0.4, 0.5) is 0 Å². The molecule has 0 aliphatic carbocycles. The van der Waals surface area contributed by atoms with E-state index in [0.29, 0.717) is 25.9 Å². The fraction of sp³-hybridized carbons (Fsp3) is 0.545. The third kappa shape index (κ3) is 3.71. The molecule has 0 aliphatic rings. The van der Waals surface area contributed by atoms with E-state index in [9.17, 15) is 9.59 Å². The Hall–Kier alpha value is -1.61. The minimum atomic E-state index is -0.0437. The van der Waals surface area contributed by atoms with Crippen molar-refractivity contribution in [2.75, 3.05) is 13.6 Å². The molecular weight excluding hydrogens is 238 g/mol. The minimum absolute atomic E-state index is 0.0324. The molecule has 0 N–H and O–H groups in total. The Bertz CT molecular complexity index is 484. The second-order valence-corrected chi connectivity index (χ2v) is 4.59. The quantitative estimate of drug-likeness (QED) is 0.785. The summed E-state index contributed by atoms with van der Waals surface area (Å²) in [6, 6.07) is 1.99. The van der Waals surface area contributed by atoms with Gasteiger partial charge in [0.05, 0.1) is 12.5 Å². The number of carbonyl (C=O) groups is 1. The number of rotatable bonds is 5. The zero-order valence-corrected chi connectivity index (χ0v) is 10.8. The van der Waals surface area contributed by atoms with Crippen LogP contribution >= 0.6 is 11.3 Å². The van der Waals surface area contributed by atoms with Gasteiger partial charge in [-0.2, -0.15) is 5.26 Å². The monoisotopic (exact) mass is 253 g/mol. The van der Waals surface area contributed by atoms with Crippen molar-refractivity contribution in [2.45, 2.75) is 26.3 Å². The molecular formula is C11H15N3O2S. The summed E-state index contributed by atoms with van der Waals surface area (Å²) in [5, 5.41) is 10.2. The Balaban J connectivity index is 2.49. The first-order valence-electron chi connectivity index (χ1n) is 5.32. The standard InChI is InChI=1S/C11H15N3O2S/c1-9-8-17-11(16)14(9)7-4-10(15)13(2)6-3-5-12/h8H,3-4,6-7H2,1-2H3. The van der Waals surface area contributed by atoms with Gasteiger partial charge in [-0.25, -0.2) is 0 Å².